The van der Waals surface area contributed by atoms with Crippen LogP contribution in [-0.4, -0.2) is 32.6 Å². The van der Waals surface area contributed by atoms with Crippen LogP contribution in [0.4, 0.5) is 0 Å². The SMILES string of the molecule is CC(C)=CCC[C@]1(C)C=Cc2c(cc(O)c3c(=O)c4c(oc23)-c2ccc(O)cc2O[C@H](C(C)(C)O)C4)O1. The standard InChI is InChI=1S/C30H32O7/c1-16(2)7-6-11-30(5)12-10-19-23(37-30)15-21(32)25-26(33)20-14-24(29(3,4)34)35-22-13-17(31)8-9-18(22)27(20)36-28(19)25/h7-10,12-13,15,24,31-32,34H,6,11,14H2,1-5H3/t24-,30+/m0/s1. The summed E-state index contributed by atoms with van der Waals surface area (Å²) in [6.07, 6.45) is 6.83. The fourth-order valence-electron chi connectivity index (χ4n) is 4.92. The molecule has 2 atom stereocenters. The van der Waals surface area contributed by atoms with E-state index in [1.807, 2.05) is 19.1 Å². The number of phenols is 2. The minimum atomic E-state index is -1.30. The van der Waals surface area contributed by atoms with Crippen molar-refractivity contribution in [3.05, 3.63) is 63.3 Å². The molecule has 0 unspecified atom stereocenters. The van der Waals surface area contributed by atoms with Crippen molar-refractivity contribution < 1.29 is 29.2 Å². The summed E-state index contributed by atoms with van der Waals surface area (Å²) in [6.45, 7) is 9.28. The Morgan fingerprint density at radius 3 is 2.65 bits per heavy atom. The smallest absolute Gasteiger partial charge is 0.200 e. The molecule has 2 aromatic carbocycles. The third kappa shape index (κ3) is 4.48. The first-order chi connectivity index (χ1) is 17.4. The van der Waals surface area contributed by atoms with Crippen molar-refractivity contribution in [2.24, 2.45) is 0 Å². The van der Waals surface area contributed by atoms with E-state index >= 15 is 0 Å². The molecule has 1 aromatic heterocycles. The molecule has 0 fully saturated rings. The van der Waals surface area contributed by atoms with Crippen LogP contribution in [0.2, 0.25) is 0 Å². The van der Waals surface area contributed by atoms with Crippen LogP contribution < -0.4 is 14.9 Å². The highest BCUT2D eigenvalue weighted by Gasteiger charge is 2.37. The molecule has 0 saturated heterocycles. The number of ether oxygens (including phenoxy) is 2. The van der Waals surface area contributed by atoms with Crippen LogP contribution in [0.3, 0.4) is 0 Å². The van der Waals surface area contributed by atoms with E-state index < -0.39 is 22.7 Å². The third-order valence-electron chi connectivity index (χ3n) is 7.04. The van der Waals surface area contributed by atoms with Crippen molar-refractivity contribution in [2.75, 3.05) is 0 Å². The fourth-order valence-corrected chi connectivity index (χ4v) is 4.92. The Labute approximate surface area is 215 Å². The molecule has 5 rings (SSSR count). The van der Waals surface area contributed by atoms with Crippen molar-refractivity contribution in [1.82, 2.24) is 0 Å². The van der Waals surface area contributed by atoms with Gasteiger partial charge in [0.2, 0.25) is 0 Å². The van der Waals surface area contributed by atoms with Gasteiger partial charge in [0.25, 0.3) is 0 Å². The third-order valence-corrected chi connectivity index (χ3v) is 7.04. The van der Waals surface area contributed by atoms with Gasteiger partial charge in [-0.05, 0) is 71.7 Å². The number of allylic oxidation sites excluding steroid dienone is 2. The van der Waals surface area contributed by atoms with Gasteiger partial charge in [-0.15, -0.1) is 0 Å². The molecule has 3 aromatic rings. The normalized spacial score (nSPS) is 20.2. The van der Waals surface area contributed by atoms with Crippen molar-refractivity contribution in [2.45, 2.75) is 71.2 Å². The lowest BCUT2D eigenvalue weighted by molar-refractivity contribution is -0.0322. The monoisotopic (exact) mass is 504 g/mol. The zero-order valence-corrected chi connectivity index (χ0v) is 21.7. The second-order valence-corrected chi connectivity index (χ2v) is 11.0. The Morgan fingerprint density at radius 1 is 1.19 bits per heavy atom. The summed E-state index contributed by atoms with van der Waals surface area (Å²) >= 11 is 0. The number of aromatic hydroxyl groups is 2. The average molecular weight is 505 g/mol. The molecule has 3 heterocycles. The molecule has 194 valence electrons. The van der Waals surface area contributed by atoms with Crippen LogP contribution >= 0.6 is 0 Å². The number of aliphatic hydroxyl groups is 1. The van der Waals surface area contributed by atoms with Gasteiger partial charge in [0.1, 0.15) is 45.8 Å². The molecule has 0 aliphatic carbocycles. The first-order valence-electron chi connectivity index (χ1n) is 12.5. The summed E-state index contributed by atoms with van der Waals surface area (Å²) in [5.74, 6) is 0.751. The summed E-state index contributed by atoms with van der Waals surface area (Å²) in [5.41, 5.74) is 0.493. The Balaban J connectivity index is 1.71. The van der Waals surface area contributed by atoms with Crippen molar-refractivity contribution in [3.63, 3.8) is 0 Å². The topological polar surface area (TPSA) is 109 Å². The molecule has 2 aliphatic heterocycles. The van der Waals surface area contributed by atoms with Crippen LogP contribution in [-0.2, 0) is 6.42 Å². The highest BCUT2D eigenvalue weighted by molar-refractivity contribution is 5.95. The van der Waals surface area contributed by atoms with E-state index in [1.165, 1.54) is 23.8 Å². The molecule has 0 amide bonds. The van der Waals surface area contributed by atoms with E-state index in [0.29, 0.717) is 22.6 Å². The van der Waals surface area contributed by atoms with Crippen LogP contribution in [0.5, 0.6) is 23.0 Å². The van der Waals surface area contributed by atoms with E-state index in [2.05, 4.69) is 19.9 Å². The number of fused-ring (bicyclic) bond motifs is 6. The second-order valence-electron chi connectivity index (χ2n) is 11.0. The van der Waals surface area contributed by atoms with Gasteiger partial charge in [-0.2, -0.15) is 0 Å². The summed E-state index contributed by atoms with van der Waals surface area (Å²) < 4.78 is 18.8. The number of hydrogen-bond donors (Lipinski definition) is 3. The molecule has 7 nitrogen and oxygen atoms in total. The first kappa shape index (κ1) is 25.0. The lowest BCUT2D eigenvalue weighted by Gasteiger charge is -2.32. The maximum atomic E-state index is 13.8. The molecule has 0 bridgehead atoms. The predicted molar refractivity (Wildman–Crippen MR) is 142 cm³/mol. The lowest BCUT2D eigenvalue weighted by Crippen LogP contribution is -2.42. The highest BCUT2D eigenvalue weighted by Crippen LogP contribution is 2.45. The zero-order chi connectivity index (χ0) is 26.7. The first-order valence-corrected chi connectivity index (χ1v) is 12.5. The van der Waals surface area contributed by atoms with Gasteiger partial charge in [-0.1, -0.05) is 11.6 Å². The number of hydrogen-bond acceptors (Lipinski definition) is 7. The van der Waals surface area contributed by atoms with Gasteiger partial charge in [-0.3, -0.25) is 4.79 Å². The number of benzene rings is 2. The molecule has 0 spiro atoms. The number of rotatable bonds is 4. The van der Waals surface area contributed by atoms with Crippen LogP contribution in [0.15, 0.2) is 51.2 Å². The van der Waals surface area contributed by atoms with E-state index in [9.17, 15) is 20.1 Å². The van der Waals surface area contributed by atoms with Gasteiger partial charge < -0.3 is 29.2 Å². The van der Waals surface area contributed by atoms with Crippen LogP contribution in [0.25, 0.3) is 28.4 Å². The van der Waals surface area contributed by atoms with Crippen molar-refractivity contribution in [3.8, 4) is 34.3 Å². The molecule has 37 heavy (non-hydrogen) atoms. The molecular formula is C30H32O7. The van der Waals surface area contributed by atoms with E-state index in [0.717, 1.165) is 12.8 Å². The highest BCUT2D eigenvalue weighted by atomic mass is 16.5. The summed E-state index contributed by atoms with van der Waals surface area (Å²) in [5, 5.41) is 31.8. The number of phenolic OH excluding ortho intramolecular Hbond substituents is 2. The second kappa shape index (κ2) is 8.70. The molecule has 0 saturated carbocycles. The van der Waals surface area contributed by atoms with E-state index in [-0.39, 0.29) is 40.2 Å². The summed E-state index contributed by atoms with van der Waals surface area (Å²) in [4.78, 5) is 13.8. The van der Waals surface area contributed by atoms with Gasteiger partial charge in [0, 0.05) is 24.1 Å². The Bertz CT molecular complexity index is 1520. The minimum Gasteiger partial charge on any atom is -0.508 e. The van der Waals surface area contributed by atoms with Crippen molar-refractivity contribution >= 4 is 17.0 Å². The Morgan fingerprint density at radius 2 is 1.95 bits per heavy atom. The average Bonchev–Trinajstić information content (AvgIpc) is 2.95. The molecule has 3 N–H and O–H groups in total. The molecular weight excluding hydrogens is 472 g/mol. The van der Waals surface area contributed by atoms with Gasteiger partial charge in [-0.25, -0.2) is 0 Å². The fraction of sp³-hybridized carbons (Fsp3) is 0.367. The molecule has 2 aliphatic rings. The van der Waals surface area contributed by atoms with Gasteiger partial charge in [0.15, 0.2) is 11.0 Å². The van der Waals surface area contributed by atoms with E-state index in [1.54, 1.807) is 19.9 Å². The van der Waals surface area contributed by atoms with Crippen molar-refractivity contribution in [1.29, 1.82) is 0 Å². The maximum absolute atomic E-state index is 13.8. The minimum absolute atomic E-state index is 0.0152. The van der Waals surface area contributed by atoms with E-state index in [4.69, 9.17) is 13.9 Å². The maximum Gasteiger partial charge on any atom is 0.200 e. The van der Waals surface area contributed by atoms with Crippen LogP contribution in [0.1, 0.15) is 58.6 Å². The van der Waals surface area contributed by atoms with Gasteiger partial charge >= 0.3 is 0 Å². The summed E-state index contributed by atoms with van der Waals surface area (Å²) in [7, 11) is 0. The Hall–Kier alpha value is -3.71. The quantitative estimate of drug-likeness (QED) is 0.382. The van der Waals surface area contributed by atoms with Crippen LogP contribution in [0, 0.1) is 0 Å². The lowest BCUT2D eigenvalue weighted by atomic mass is 9.91. The summed E-state index contributed by atoms with van der Waals surface area (Å²) in [6, 6.07) is 6.01. The predicted octanol–water partition coefficient (Wildman–Crippen LogP) is 5.86. The molecule has 7 heteroatoms. The Kier molecular flexibility index (Phi) is 5.87. The molecule has 0 radical (unpaired) electrons. The largest absolute Gasteiger partial charge is 0.508 e. The van der Waals surface area contributed by atoms with Gasteiger partial charge in [0.05, 0.1) is 16.7 Å². The zero-order valence-electron chi connectivity index (χ0n) is 21.7.